The monoisotopic (exact) mass is 271 g/mol. The van der Waals surface area contributed by atoms with Gasteiger partial charge in [-0.2, -0.15) is 0 Å². The lowest BCUT2D eigenvalue weighted by Crippen LogP contribution is -2.44. The second kappa shape index (κ2) is 5.58. The van der Waals surface area contributed by atoms with Crippen LogP contribution in [0.2, 0.25) is 0 Å². The summed E-state index contributed by atoms with van der Waals surface area (Å²) in [6.07, 6.45) is 0. The van der Waals surface area contributed by atoms with Crippen molar-refractivity contribution in [2.75, 3.05) is 14.1 Å². The molecule has 0 aliphatic heterocycles. The minimum absolute atomic E-state index is 0.0193. The molecule has 0 saturated heterocycles. The van der Waals surface area contributed by atoms with E-state index < -0.39 is 17.9 Å². The summed E-state index contributed by atoms with van der Waals surface area (Å²) < 4.78 is 0. The number of hydrogen-bond donors (Lipinski definition) is 2. The van der Waals surface area contributed by atoms with Gasteiger partial charge in [-0.3, -0.25) is 9.59 Å². The maximum absolute atomic E-state index is 11.7. The van der Waals surface area contributed by atoms with Crippen LogP contribution in [0.5, 0.6) is 0 Å². The normalized spacial score (nSPS) is 11.7. The first-order chi connectivity index (χ1) is 8.32. The Labute approximate surface area is 107 Å². The van der Waals surface area contributed by atoms with E-state index in [-0.39, 0.29) is 16.6 Å². The van der Waals surface area contributed by atoms with E-state index in [1.165, 1.54) is 10.3 Å². The first kappa shape index (κ1) is 14.1. The van der Waals surface area contributed by atoms with Gasteiger partial charge in [-0.25, -0.2) is 9.78 Å². The summed E-state index contributed by atoms with van der Waals surface area (Å²) in [5, 5.41) is 12.4. The van der Waals surface area contributed by atoms with E-state index >= 15 is 0 Å². The fourth-order valence-corrected chi connectivity index (χ4v) is 1.88. The third kappa shape index (κ3) is 3.27. The molecule has 7 nitrogen and oxygen atoms in total. The molecule has 0 aromatic carbocycles. The summed E-state index contributed by atoms with van der Waals surface area (Å²) in [4.78, 5) is 38.8. The molecule has 2 amide bonds. The molecule has 1 aromatic heterocycles. The quantitative estimate of drug-likeness (QED) is 0.806. The van der Waals surface area contributed by atoms with Gasteiger partial charge >= 0.3 is 5.97 Å². The molecule has 0 fully saturated rings. The molecule has 1 atom stereocenters. The summed E-state index contributed by atoms with van der Waals surface area (Å²) in [6.45, 7) is 1.55. The van der Waals surface area contributed by atoms with Crippen LogP contribution in [0, 0.1) is 0 Å². The molecular formula is C10H13N3O4S. The maximum atomic E-state index is 11.7. The Balaban J connectivity index is 2.70. The highest BCUT2D eigenvalue weighted by Crippen LogP contribution is 2.09. The highest BCUT2D eigenvalue weighted by atomic mass is 32.1. The van der Waals surface area contributed by atoms with Gasteiger partial charge in [-0.1, -0.05) is 0 Å². The van der Waals surface area contributed by atoms with Crippen molar-refractivity contribution < 1.29 is 19.5 Å². The molecule has 98 valence electrons. The Morgan fingerprint density at radius 3 is 2.50 bits per heavy atom. The van der Waals surface area contributed by atoms with Gasteiger partial charge in [0.05, 0.1) is 0 Å². The van der Waals surface area contributed by atoms with Crippen LogP contribution in [0.4, 0.5) is 0 Å². The summed E-state index contributed by atoms with van der Waals surface area (Å²) in [5.74, 6) is -2.00. The van der Waals surface area contributed by atoms with Crippen LogP contribution in [-0.4, -0.2) is 52.9 Å². The van der Waals surface area contributed by atoms with E-state index in [1.807, 2.05) is 0 Å². The number of thiazole rings is 1. The third-order valence-corrected chi connectivity index (χ3v) is 2.92. The van der Waals surface area contributed by atoms with Crippen molar-refractivity contribution in [2.24, 2.45) is 0 Å². The number of aromatic nitrogens is 1. The van der Waals surface area contributed by atoms with Crippen LogP contribution in [0.25, 0.3) is 0 Å². The number of nitrogens with one attached hydrogen (secondary N) is 1. The van der Waals surface area contributed by atoms with Gasteiger partial charge in [0, 0.05) is 19.5 Å². The molecule has 1 unspecified atom stereocenters. The fraction of sp³-hybridized carbons (Fsp3) is 0.400. The number of hydrogen-bond acceptors (Lipinski definition) is 5. The molecule has 1 aromatic rings. The molecule has 0 spiro atoms. The predicted octanol–water partition coefficient (Wildman–Crippen LogP) is 0.0478. The van der Waals surface area contributed by atoms with Gasteiger partial charge in [0.2, 0.25) is 5.91 Å². The summed E-state index contributed by atoms with van der Waals surface area (Å²) in [5.41, 5.74) is -0.184. The highest BCUT2D eigenvalue weighted by molar-refractivity contribution is 7.11. The number of nitrogens with zero attached hydrogens (tertiary/aromatic N) is 2. The summed E-state index contributed by atoms with van der Waals surface area (Å²) in [6, 6.07) is -0.690. The van der Waals surface area contributed by atoms with Crippen molar-refractivity contribution >= 4 is 29.1 Å². The molecule has 0 aliphatic carbocycles. The van der Waals surface area contributed by atoms with E-state index in [0.29, 0.717) is 0 Å². The van der Waals surface area contributed by atoms with Gasteiger partial charge in [0.15, 0.2) is 10.7 Å². The first-order valence-corrected chi connectivity index (χ1v) is 5.91. The molecule has 0 saturated carbocycles. The second-order valence-corrected chi connectivity index (χ2v) is 4.63. The Morgan fingerprint density at radius 1 is 1.44 bits per heavy atom. The lowest BCUT2D eigenvalue weighted by atomic mass is 10.3. The lowest BCUT2D eigenvalue weighted by molar-refractivity contribution is -0.130. The largest absolute Gasteiger partial charge is 0.476 e. The number of carbonyl (C=O) groups is 3. The fourth-order valence-electron chi connectivity index (χ4n) is 1.18. The molecule has 18 heavy (non-hydrogen) atoms. The van der Waals surface area contributed by atoms with Gasteiger partial charge in [-0.05, 0) is 6.92 Å². The average molecular weight is 271 g/mol. The zero-order valence-electron chi connectivity index (χ0n) is 10.1. The molecule has 1 heterocycles. The van der Waals surface area contributed by atoms with Crippen LogP contribution in [-0.2, 0) is 4.79 Å². The van der Waals surface area contributed by atoms with Crippen LogP contribution in [0.3, 0.4) is 0 Å². The van der Waals surface area contributed by atoms with Gasteiger partial charge in [-0.15, -0.1) is 11.3 Å². The van der Waals surface area contributed by atoms with Gasteiger partial charge < -0.3 is 15.3 Å². The number of aromatic carboxylic acids is 1. The van der Waals surface area contributed by atoms with Crippen molar-refractivity contribution in [3.05, 3.63) is 16.1 Å². The Morgan fingerprint density at radius 2 is 2.06 bits per heavy atom. The Hall–Kier alpha value is -1.96. The molecule has 1 rings (SSSR count). The SMILES string of the molecule is CC(NC(=O)c1nc(C(=O)O)cs1)C(=O)N(C)C. The van der Waals surface area contributed by atoms with E-state index in [4.69, 9.17) is 5.11 Å². The van der Waals surface area contributed by atoms with E-state index in [9.17, 15) is 14.4 Å². The number of amides is 2. The number of rotatable bonds is 4. The van der Waals surface area contributed by atoms with Crippen molar-refractivity contribution in [1.29, 1.82) is 0 Å². The van der Waals surface area contributed by atoms with Gasteiger partial charge in [0.25, 0.3) is 5.91 Å². The van der Waals surface area contributed by atoms with Crippen molar-refractivity contribution in [2.45, 2.75) is 13.0 Å². The average Bonchev–Trinajstić information content (AvgIpc) is 2.76. The molecule has 2 N–H and O–H groups in total. The number of carboxylic acids is 1. The Bertz CT molecular complexity index is 483. The zero-order chi connectivity index (χ0) is 13.9. The van der Waals surface area contributed by atoms with Crippen molar-refractivity contribution in [3.8, 4) is 0 Å². The van der Waals surface area contributed by atoms with Crippen LogP contribution in [0.1, 0.15) is 27.2 Å². The van der Waals surface area contributed by atoms with Crippen LogP contribution in [0.15, 0.2) is 5.38 Å². The third-order valence-electron chi connectivity index (χ3n) is 2.08. The highest BCUT2D eigenvalue weighted by Gasteiger charge is 2.20. The molecule has 0 radical (unpaired) electrons. The molecule has 0 aliphatic rings. The second-order valence-electron chi connectivity index (χ2n) is 3.77. The van der Waals surface area contributed by atoms with Crippen molar-refractivity contribution in [3.63, 3.8) is 0 Å². The number of likely N-dealkylation sites (N-methyl/N-ethyl adjacent to an activating group) is 1. The number of carboxylic acid groups (broad SMARTS) is 1. The number of carbonyl (C=O) groups excluding carboxylic acids is 2. The Kier molecular flexibility index (Phi) is 4.38. The summed E-state index contributed by atoms with van der Waals surface area (Å²) in [7, 11) is 3.16. The molecular weight excluding hydrogens is 258 g/mol. The van der Waals surface area contributed by atoms with E-state index in [0.717, 1.165) is 11.3 Å². The standard InChI is InChI=1S/C10H13N3O4S/c1-5(9(15)13(2)3)11-7(14)8-12-6(4-18-8)10(16)17/h4-5H,1-3H3,(H,11,14)(H,16,17). The van der Waals surface area contributed by atoms with E-state index in [2.05, 4.69) is 10.3 Å². The zero-order valence-corrected chi connectivity index (χ0v) is 10.9. The van der Waals surface area contributed by atoms with Crippen LogP contribution < -0.4 is 5.32 Å². The minimum atomic E-state index is -1.19. The smallest absolute Gasteiger partial charge is 0.355 e. The first-order valence-electron chi connectivity index (χ1n) is 5.03. The lowest BCUT2D eigenvalue weighted by Gasteiger charge is -2.17. The molecule has 0 bridgehead atoms. The predicted molar refractivity (Wildman–Crippen MR) is 64.7 cm³/mol. The van der Waals surface area contributed by atoms with Gasteiger partial charge in [0.1, 0.15) is 6.04 Å². The van der Waals surface area contributed by atoms with E-state index in [1.54, 1.807) is 21.0 Å². The molecule has 8 heteroatoms. The topological polar surface area (TPSA) is 99.6 Å². The maximum Gasteiger partial charge on any atom is 0.355 e. The summed E-state index contributed by atoms with van der Waals surface area (Å²) >= 11 is 0.919. The van der Waals surface area contributed by atoms with Crippen molar-refractivity contribution in [1.82, 2.24) is 15.2 Å². The van der Waals surface area contributed by atoms with Crippen LogP contribution >= 0.6 is 11.3 Å². The minimum Gasteiger partial charge on any atom is -0.476 e.